The Morgan fingerprint density at radius 1 is 0.893 bits per heavy atom. The zero-order valence-corrected chi connectivity index (χ0v) is 15.3. The highest BCUT2D eigenvalue weighted by Crippen LogP contribution is 2.34. The quantitative estimate of drug-likeness (QED) is 0.415. The van der Waals surface area contributed by atoms with Crippen molar-refractivity contribution < 1.29 is 0 Å². The summed E-state index contributed by atoms with van der Waals surface area (Å²) in [5.41, 5.74) is 7.60. The normalized spacial score (nSPS) is 11.6. The molecule has 0 aliphatic carbocycles. The highest BCUT2D eigenvalue weighted by atomic mass is 32.1. The van der Waals surface area contributed by atoms with Gasteiger partial charge in [0.1, 0.15) is 5.69 Å². The van der Waals surface area contributed by atoms with Crippen molar-refractivity contribution in [3.05, 3.63) is 59.8 Å². The number of rotatable bonds is 3. The van der Waals surface area contributed by atoms with Crippen LogP contribution in [0.15, 0.2) is 59.8 Å². The number of hydrogen-bond acceptors (Lipinski definition) is 5. The number of nitrogens with zero attached hydrogens (tertiary/aromatic N) is 4. The van der Waals surface area contributed by atoms with E-state index in [-0.39, 0.29) is 0 Å². The lowest BCUT2D eigenvalue weighted by atomic mass is 10.1. The highest BCUT2D eigenvalue weighted by molar-refractivity contribution is 7.08. The maximum Gasteiger partial charge on any atom is 0.116 e. The van der Waals surface area contributed by atoms with Crippen LogP contribution in [0.4, 0.5) is 0 Å². The molecule has 0 atom stereocenters. The van der Waals surface area contributed by atoms with Crippen LogP contribution in [0.5, 0.6) is 0 Å². The van der Waals surface area contributed by atoms with Crippen LogP contribution < -0.4 is 0 Å². The Hall–Kier alpha value is -3.78. The average Bonchev–Trinajstić information content (AvgIpc) is 3.53. The van der Waals surface area contributed by atoms with Crippen molar-refractivity contribution in [1.29, 1.82) is 0 Å². The maximum atomic E-state index is 4.59. The number of aromatic amines is 3. The molecule has 0 spiro atoms. The fourth-order valence-electron chi connectivity index (χ4n) is 3.48. The molecule has 6 heterocycles. The van der Waals surface area contributed by atoms with Gasteiger partial charge in [0.25, 0.3) is 0 Å². The SMILES string of the molecule is c1cc2[nH]c(-c3n[nH]c4cnc(-c5cn[nH]c5)cc34)cc2c(-c2ccsc2)n1. The maximum absolute atomic E-state index is 4.59. The molecule has 0 fully saturated rings. The van der Waals surface area contributed by atoms with Gasteiger partial charge in [-0.1, -0.05) is 0 Å². The zero-order valence-electron chi connectivity index (χ0n) is 14.5. The molecule has 0 saturated carbocycles. The Morgan fingerprint density at radius 2 is 1.86 bits per heavy atom. The molecule has 8 heteroatoms. The molecular formula is C20H13N7S. The van der Waals surface area contributed by atoms with Crippen LogP contribution >= 0.6 is 11.3 Å². The average molecular weight is 383 g/mol. The second kappa shape index (κ2) is 5.86. The van der Waals surface area contributed by atoms with Gasteiger partial charge >= 0.3 is 0 Å². The number of hydrogen-bond donors (Lipinski definition) is 3. The number of H-pyrrole nitrogens is 3. The predicted octanol–water partition coefficient (Wildman–Crippen LogP) is 4.62. The monoisotopic (exact) mass is 383 g/mol. The lowest BCUT2D eigenvalue weighted by molar-refractivity contribution is 1.09. The molecule has 0 aliphatic rings. The van der Waals surface area contributed by atoms with Crippen molar-refractivity contribution in [2.45, 2.75) is 0 Å². The van der Waals surface area contributed by atoms with E-state index >= 15 is 0 Å². The molecule has 134 valence electrons. The van der Waals surface area contributed by atoms with Crippen molar-refractivity contribution in [1.82, 2.24) is 35.3 Å². The van der Waals surface area contributed by atoms with Crippen molar-refractivity contribution in [3.63, 3.8) is 0 Å². The fourth-order valence-corrected chi connectivity index (χ4v) is 4.12. The molecule has 0 aliphatic heterocycles. The van der Waals surface area contributed by atoms with E-state index in [0.29, 0.717) is 0 Å². The van der Waals surface area contributed by atoms with E-state index in [0.717, 1.165) is 55.7 Å². The van der Waals surface area contributed by atoms with E-state index < -0.39 is 0 Å². The molecule has 0 aromatic carbocycles. The van der Waals surface area contributed by atoms with E-state index in [2.05, 4.69) is 58.2 Å². The zero-order chi connectivity index (χ0) is 18.5. The molecule has 0 bridgehead atoms. The van der Waals surface area contributed by atoms with Crippen LogP contribution in [0.25, 0.3) is 55.7 Å². The topological polar surface area (TPSA) is 98.9 Å². The molecule has 7 nitrogen and oxygen atoms in total. The molecule has 6 rings (SSSR count). The van der Waals surface area contributed by atoms with Crippen LogP contribution in [-0.4, -0.2) is 35.3 Å². The van der Waals surface area contributed by atoms with Crippen LogP contribution in [0.1, 0.15) is 0 Å². The predicted molar refractivity (Wildman–Crippen MR) is 110 cm³/mol. The van der Waals surface area contributed by atoms with Gasteiger partial charge < -0.3 is 4.98 Å². The molecule has 6 aromatic rings. The largest absolute Gasteiger partial charge is 0.353 e. The number of thiophene rings is 1. The number of fused-ring (bicyclic) bond motifs is 2. The minimum Gasteiger partial charge on any atom is -0.353 e. The second-order valence-corrected chi connectivity index (χ2v) is 7.27. The highest BCUT2D eigenvalue weighted by Gasteiger charge is 2.15. The summed E-state index contributed by atoms with van der Waals surface area (Å²) in [5, 5.41) is 20.7. The molecule has 0 amide bonds. The molecule has 0 radical (unpaired) electrons. The summed E-state index contributed by atoms with van der Waals surface area (Å²) in [4.78, 5) is 12.6. The smallest absolute Gasteiger partial charge is 0.116 e. The van der Waals surface area contributed by atoms with Crippen molar-refractivity contribution in [2.24, 2.45) is 0 Å². The Bertz CT molecular complexity index is 1410. The summed E-state index contributed by atoms with van der Waals surface area (Å²) < 4.78 is 0. The molecule has 0 saturated heterocycles. The van der Waals surface area contributed by atoms with Gasteiger partial charge in [-0.15, -0.1) is 0 Å². The standard InChI is InChI=1S/C20H13N7S/c1-3-21-19(11-2-4-28-10-11)13-6-17(25-15(1)13)20-14-5-16(12-7-23-24-8-12)22-9-18(14)26-27-20/h1-10,25H,(H,23,24)(H,26,27). The Morgan fingerprint density at radius 3 is 2.71 bits per heavy atom. The number of pyridine rings is 2. The molecule has 6 aromatic heterocycles. The van der Waals surface area contributed by atoms with E-state index in [9.17, 15) is 0 Å². The Balaban J connectivity index is 1.55. The summed E-state index contributed by atoms with van der Waals surface area (Å²) in [6.07, 6.45) is 7.22. The van der Waals surface area contributed by atoms with Gasteiger partial charge in [0.05, 0.1) is 35.0 Å². The van der Waals surface area contributed by atoms with Crippen molar-refractivity contribution in [2.75, 3.05) is 0 Å². The van der Waals surface area contributed by atoms with Gasteiger partial charge in [-0.2, -0.15) is 21.5 Å². The first-order chi connectivity index (χ1) is 13.9. The summed E-state index contributed by atoms with van der Waals surface area (Å²) in [6.45, 7) is 0. The van der Waals surface area contributed by atoms with Crippen LogP contribution in [0.2, 0.25) is 0 Å². The first kappa shape index (κ1) is 15.3. The fraction of sp³-hybridized carbons (Fsp3) is 0. The Kier molecular flexibility index (Phi) is 3.20. The van der Waals surface area contributed by atoms with Gasteiger partial charge in [0.2, 0.25) is 0 Å². The van der Waals surface area contributed by atoms with E-state index in [4.69, 9.17) is 0 Å². The van der Waals surface area contributed by atoms with Crippen LogP contribution in [0, 0.1) is 0 Å². The lowest BCUT2D eigenvalue weighted by Gasteiger charge is -1.98. The van der Waals surface area contributed by atoms with Gasteiger partial charge in [0, 0.05) is 45.2 Å². The van der Waals surface area contributed by atoms with E-state index in [1.807, 2.05) is 24.5 Å². The van der Waals surface area contributed by atoms with E-state index in [1.165, 1.54) is 0 Å². The van der Waals surface area contributed by atoms with Gasteiger partial charge in [-0.25, -0.2) is 0 Å². The molecule has 28 heavy (non-hydrogen) atoms. The van der Waals surface area contributed by atoms with Gasteiger partial charge in [0.15, 0.2) is 0 Å². The van der Waals surface area contributed by atoms with Crippen LogP contribution in [0.3, 0.4) is 0 Å². The third kappa shape index (κ3) is 2.28. The summed E-state index contributed by atoms with van der Waals surface area (Å²) in [6, 6.07) is 8.22. The first-order valence-corrected chi connectivity index (χ1v) is 9.65. The second-order valence-electron chi connectivity index (χ2n) is 6.49. The van der Waals surface area contributed by atoms with Crippen molar-refractivity contribution in [3.8, 4) is 33.9 Å². The third-order valence-electron chi connectivity index (χ3n) is 4.84. The molecule has 3 N–H and O–H groups in total. The van der Waals surface area contributed by atoms with E-state index in [1.54, 1.807) is 23.7 Å². The minimum atomic E-state index is 0.848. The van der Waals surface area contributed by atoms with Gasteiger partial charge in [-0.05, 0) is 29.6 Å². The van der Waals surface area contributed by atoms with Crippen LogP contribution in [-0.2, 0) is 0 Å². The van der Waals surface area contributed by atoms with Gasteiger partial charge in [-0.3, -0.25) is 20.2 Å². The van der Waals surface area contributed by atoms with Crippen molar-refractivity contribution >= 4 is 33.1 Å². The number of aromatic nitrogens is 7. The molecule has 0 unspecified atom stereocenters. The summed E-state index contributed by atoms with van der Waals surface area (Å²) in [7, 11) is 0. The summed E-state index contributed by atoms with van der Waals surface area (Å²) >= 11 is 1.67. The summed E-state index contributed by atoms with van der Waals surface area (Å²) in [5.74, 6) is 0. The minimum absolute atomic E-state index is 0.848. The lowest BCUT2D eigenvalue weighted by Crippen LogP contribution is -1.82. The first-order valence-electron chi connectivity index (χ1n) is 8.71. The molecular weight excluding hydrogens is 370 g/mol. The third-order valence-corrected chi connectivity index (χ3v) is 5.52. The number of nitrogens with one attached hydrogen (secondary N) is 3. The Labute approximate surface area is 162 Å².